The monoisotopic (exact) mass is 128 g/mol. The molecule has 0 aliphatic carbocycles. The average Bonchev–Trinajstić information content (AvgIpc) is 1.78. The Morgan fingerprint density at radius 2 is 2.22 bits per heavy atom. The number of nitrogens with one attached hydrogen (secondary N) is 1. The number of hydrogen-bond donors (Lipinski definition) is 2. The van der Waals surface area contributed by atoms with Gasteiger partial charge in [0.1, 0.15) is 0 Å². The zero-order valence-corrected chi connectivity index (χ0v) is 6.28. The summed E-state index contributed by atoms with van der Waals surface area (Å²) in [6.45, 7) is 5.42. The summed E-state index contributed by atoms with van der Waals surface area (Å²) in [4.78, 5) is 0. The Morgan fingerprint density at radius 1 is 1.56 bits per heavy atom. The Kier molecular flexibility index (Phi) is 1.78. The summed E-state index contributed by atoms with van der Waals surface area (Å²) < 4.78 is 0. The van der Waals surface area contributed by atoms with E-state index in [4.69, 9.17) is 5.73 Å². The van der Waals surface area contributed by atoms with Gasteiger partial charge in [-0.3, -0.25) is 0 Å². The van der Waals surface area contributed by atoms with E-state index in [0.29, 0.717) is 11.6 Å². The first-order chi connectivity index (χ1) is 4.10. The Bertz CT molecular complexity index is 89.1. The SMILES string of the molecule is CC1(C)CCC(N)CN1. The first-order valence-electron chi connectivity index (χ1n) is 3.61. The fraction of sp³-hybridized carbons (Fsp3) is 1.00. The van der Waals surface area contributed by atoms with Crippen molar-refractivity contribution in [1.29, 1.82) is 0 Å². The lowest BCUT2D eigenvalue weighted by atomic mass is 9.91. The molecule has 0 radical (unpaired) electrons. The Hall–Kier alpha value is -0.0800. The molecule has 0 spiro atoms. The maximum atomic E-state index is 5.69. The van der Waals surface area contributed by atoms with Gasteiger partial charge in [-0.05, 0) is 26.7 Å². The van der Waals surface area contributed by atoms with Crippen LogP contribution in [0, 0.1) is 0 Å². The van der Waals surface area contributed by atoms with Crippen molar-refractivity contribution in [2.75, 3.05) is 6.54 Å². The van der Waals surface area contributed by atoms with Crippen molar-refractivity contribution in [2.24, 2.45) is 5.73 Å². The highest BCUT2D eigenvalue weighted by Gasteiger charge is 2.23. The molecule has 2 heteroatoms. The molecule has 0 aromatic carbocycles. The van der Waals surface area contributed by atoms with Crippen LogP contribution in [0.25, 0.3) is 0 Å². The molecule has 1 fully saturated rings. The molecular weight excluding hydrogens is 112 g/mol. The van der Waals surface area contributed by atoms with Crippen LogP contribution in [0.4, 0.5) is 0 Å². The second-order valence-corrected chi connectivity index (χ2v) is 3.56. The summed E-state index contributed by atoms with van der Waals surface area (Å²) in [6.07, 6.45) is 2.37. The second-order valence-electron chi connectivity index (χ2n) is 3.56. The first kappa shape index (κ1) is 7.03. The van der Waals surface area contributed by atoms with Crippen LogP contribution >= 0.6 is 0 Å². The zero-order chi connectivity index (χ0) is 6.91. The second kappa shape index (κ2) is 2.27. The van der Waals surface area contributed by atoms with Crippen molar-refractivity contribution >= 4 is 0 Å². The molecule has 1 aliphatic rings. The number of piperidine rings is 1. The summed E-state index contributed by atoms with van der Waals surface area (Å²) in [5, 5.41) is 3.38. The number of nitrogens with two attached hydrogens (primary N) is 1. The van der Waals surface area contributed by atoms with Gasteiger partial charge in [-0.2, -0.15) is 0 Å². The molecule has 1 aliphatic heterocycles. The van der Waals surface area contributed by atoms with Crippen LogP contribution in [0.15, 0.2) is 0 Å². The fourth-order valence-corrected chi connectivity index (χ4v) is 1.14. The van der Waals surface area contributed by atoms with E-state index in [1.807, 2.05) is 0 Å². The molecule has 1 saturated heterocycles. The molecule has 0 aromatic rings. The summed E-state index contributed by atoms with van der Waals surface area (Å²) in [5.74, 6) is 0. The molecule has 0 bridgehead atoms. The van der Waals surface area contributed by atoms with Gasteiger partial charge >= 0.3 is 0 Å². The molecule has 0 amide bonds. The molecular formula is C7H16N2. The average molecular weight is 128 g/mol. The van der Waals surface area contributed by atoms with Gasteiger partial charge in [0, 0.05) is 18.1 Å². The van der Waals surface area contributed by atoms with Crippen LogP contribution in [-0.4, -0.2) is 18.1 Å². The molecule has 0 aromatic heterocycles. The lowest BCUT2D eigenvalue weighted by Gasteiger charge is -2.34. The molecule has 54 valence electrons. The zero-order valence-electron chi connectivity index (χ0n) is 6.28. The minimum atomic E-state index is 0.329. The van der Waals surface area contributed by atoms with E-state index >= 15 is 0 Å². The first-order valence-corrected chi connectivity index (χ1v) is 3.61. The van der Waals surface area contributed by atoms with E-state index in [1.165, 1.54) is 12.8 Å². The van der Waals surface area contributed by atoms with Crippen molar-refractivity contribution in [3.05, 3.63) is 0 Å². The van der Waals surface area contributed by atoms with Crippen LogP contribution in [0.2, 0.25) is 0 Å². The highest BCUT2D eigenvalue weighted by Crippen LogP contribution is 2.16. The van der Waals surface area contributed by atoms with Gasteiger partial charge in [0.05, 0.1) is 0 Å². The minimum absolute atomic E-state index is 0.329. The standard InChI is InChI=1S/C7H16N2/c1-7(2)4-3-6(8)5-9-7/h6,9H,3-5,8H2,1-2H3. The van der Waals surface area contributed by atoms with Crippen LogP contribution in [0.5, 0.6) is 0 Å². The molecule has 1 heterocycles. The lowest BCUT2D eigenvalue weighted by Crippen LogP contribution is -2.51. The van der Waals surface area contributed by atoms with E-state index < -0.39 is 0 Å². The van der Waals surface area contributed by atoms with E-state index in [-0.39, 0.29) is 0 Å². The van der Waals surface area contributed by atoms with Gasteiger partial charge in [0.2, 0.25) is 0 Å². The third-order valence-electron chi connectivity index (χ3n) is 1.98. The summed E-state index contributed by atoms with van der Waals surface area (Å²) in [7, 11) is 0. The maximum Gasteiger partial charge on any atom is 0.0166 e. The smallest absolute Gasteiger partial charge is 0.0166 e. The highest BCUT2D eigenvalue weighted by molar-refractivity contribution is 4.86. The van der Waals surface area contributed by atoms with Gasteiger partial charge < -0.3 is 11.1 Å². The molecule has 1 rings (SSSR count). The predicted molar refractivity (Wildman–Crippen MR) is 39.3 cm³/mol. The van der Waals surface area contributed by atoms with Crippen LogP contribution < -0.4 is 11.1 Å². The summed E-state index contributed by atoms with van der Waals surface area (Å²) in [5.41, 5.74) is 6.02. The van der Waals surface area contributed by atoms with Crippen molar-refractivity contribution in [2.45, 2.75) is 38.3 Å². The van der Waals surface area contributed by atoms with Crippen LogP contribution in [0.1, 0.15) is 26.7 Å². The fourth-order valence-electron chi connectivity index (χ4n) is 1.14. The van der Waals surface area contributed by atoms with Gasteiger partial charge in [-0.25, -0.2) is 0 Å². The Morgan fingerprint density at radius 3 is 2.56 bits per heavy atom. The van der Waals surface area contributed by atoms with E-state index in [2.05, 4.69) is 19.2 Å². The predicted octanol–water partition coefficient (Wildman–Crippen LogP) is 0.476. The molecule has 1 atom stereocenters. The van der Waals surface area contributed by atoms with E-state index in [1.54, 1.807) is 0 Å². The Labute approximate surface area is 56.8 Å². The number of hydrogen-bond acceptors (Lipinski definition) is 2. The lowest BCUT2D eigenvalue weighted by molar-refractivity contribution is 0.281. The Balaban J connectivity index is 2.35. The normalized spacial score (nSPS) is 34.3. The van der Waals surface area contributed by atoms with E-state index in [0.717, 1.165) is 6.54 Å². The van der Waals surface area contributed by atoms with Gasteiger partial charge in [-0.15, -0.1) is 0 Å². The van der Waals surface area contributed by atoms with Crippen molar-refractivity contribution in [1.82, 2.24) is 5.32 Å². The molecule has 2 nitrogen and oxygen atoms in total. The van der Waals surface area contributed by atoms with Gasteiger partial charge in [0.25, 0.3) is 0 Å². The number of rotatable bonds is 0. The third kappa shape index (κ3) is 1.95. The van der Waals surface area contributed by atoms with Crippen molar-refractivity contribution in [3.8, 4) is 0 Å². The van der Waals surface area contributed by atoms with E-state index in [9.17, 15) is 0 Å². The summed E-state index contributed by atoms with van der Waals surface area (Å²) >= 11 is 0. The molecule has 0 saturated carbocycles. The van der Waals surface area contributed by atoms with Crippen LogP contribution in [-0.2, 0) is 0 Å². The minimum Gasteiger partial charge on any atom is -0.327 e. The van der Waals surface area contributed by atoms with Crippen LogP contribution in [0.3, 0.4) is 0 Å². The molecule has 3 N–H and O–H groups in total. The highest BCUT2D eigenvalue weighted by atomic mass is 15.0. The quantitative estimate of drug-likeness (QED) is 0.498. The topological polar surface area (TPSA) is 38.0 Å². The molecule has 1 unspecified atom stereocenters. The van der Waals surface area contributed by atoms with Gasteiger partial charge in [0.15, 0.2) is 0 Å². The largest absolute Gasteiger partial charge is 0.327 e. The molecule has 9 heavy (non-hydrogen) atoms. The maximum absolute atomic E-state index is 5.69. The summed E-state index contributed by atoms with van der Waals surface area (Å²) in [6, 6.07) is 0.387. The third-order valence-corrected chi connectivity index (χ3v) is 1.98. The van der Waals surface area contributed by atoms with Gasteiger partial charge in [-0.1, -0.05) is 0 Å². The van der Waals surface area contributed by atoms with Crippen molar-refractivity contribution in [3.63, 3.8) is 0 Å². The van der Waals surface area contributed by atoms with Crippen molar-refractivity contribution < 1.29 is 0 Å².